The lowest BCUT2D eigenvalue weighted by Crippen LogP contribution is -2.05. The molecule has 0 aliphatic heterocycles. The average molecular weight is 486 g/mol. The van der Waals surface area contributed by atoms with Gasteiger partial charge in [0.05, 0.1) is 22.2 Å². The molecule has 8 rings (SSSR count). The van der Waals surface area contributed by atoms with Crippen molar-refractivity contribution < 1.29 is 0 Å². The van der Waals surface area contributed by atoms with Crippen LogP contribution in [0.5, 0.6) is 0 Å². The van der Waals surface area contributed by atoms with Crippen LogP contribution in [0.25, 0.3) is 66.1 Å². The Morgan fingerprint density at radius 3 is 1.61 bits per heavy atom. The fourth-order valence-corrected chi connectivity index (χ4v) is 6.00. The number of fused-ring (bicyclic) bond motifs is 5. The second-order valence-corrected chi connectivity index (χ2v) is 9.85. The molecule has 0 atom stereocenters. The Labute approximate surface area is 220 Å². The van der Waals surface area contributed by atoms with E-state index in [1.165, 1.54) is 60.3 Å². The largest absolute Gasteiger partial charge is 0.295 e. The van der Waals surface area contributed by atoms with Gasteiger partial charge in [0.15, 0.2) is 0 Å². The molecule has 2 aromatic heterocycles. The molecule has 2 heterocycles. The molecule has 0 aliphatic carbocycles. The van der Waals surface area contributed by atoms with Crippen molar-refractivity contribution in [1.82, 2.24) is 9.13 Å². The molecule has 178 valence electrons. The Balaban J connectivity index is 1.54. The van der Waals surface area contributed by atoms with Gasteiger partial charge in [-0.1, -0.05) is 109 Å². The summed E-state index contributed by atoms with van der Waals surface area (Å²) in [4.78, 5) is 0. The highest BCUT2D eigenvalue weighted by Crippen LogP contribution is 2.38. The molecule has 0 bridgehead atoms. The van der Waals surface area contributed by atoms with E-state index in [4.69, 9.17) is 0 Å². The summed E-state index contributed by atoms with van der Waals surface area (Å²) in [5.41, 5.74) is 7.22. The Kier molecular flexibility index (Phi) is 4.55. The lowest BCUT2D eigenvalue weighted by atomic mass is 9.99. The van der Waals surface area contributed by atoms with Gasteiger partial charge >= 0.3 is 0 Å². The molecule has 0 aliphatic rings. The van der Waals surface area contributed by atoms with Crippen molar-refractivity contribution in [3.63, 3.8) is 0 Å². The number of rotatable bonds is 3. The Bertz CT molecular complexity index is 2070. The first-order chi connectivity index (χ1) is 18.9. The summed E-state index contributed by atoms with van der Waals surface area (Å²) in [6.07, 6.45) is 0. The molecule has 0 saturated heterocycles. The first kappa shape index (κ1) is 21.0. The minimum absolute atomic E-state index is 1.14. The number of hydrogen-bond acceptors (Lipinski definition) is 0. The molecule has 38 heavy (non-hydrogen) atoms. The number of aromatic nitrogens is 2. The molecular weight excluding hydrogens is 461 g/mol. The molecule has 2 heteroatoms. The van der Waals surface area contributed by atoms with Gasteiger partial charge in [-0.15, -0.1) is 0 Å². The quantitative estimate of drug-likeness (QED) is 0.236. The normalized spacial score (nSPS) is 11.7. The van der Waals surface area contributed by atoms with Crippen molar-refractivity contribution in [2.24, 2.45) is 0 Å². The van der Waals surface area contributed by atoms with Crippen LogP contribution in [-0.4, -0.2) is 9.13 Å². The van der Waals surface area contributed by atoms with Crippen LogP contribution in [0.1, 0.15) is 0 Å². The van der Waals surface area contributed by atoms with E-state index >= 15 is 0 Å². The number of nitrogens with zero attached hydrogens (tertiary/aromatic N) is 2. The minimum Gasteiger partial charge on any atom is -0.295 e. The van der Waals surface area contributed by atoms with Gasteiger partial charge in [-0.3, -0.25) is 9.13 Å². The summed E-state index contributed by atoms with van der Waals surface area (Å²) < 4.78 is 4.87. The molecule has 2 nitrogen and oxygen atoms in total. The van der Waals surface area contributed by atoms with Crippen LogP contribution in [0.4, 0.5) is 0 Å². The van der Waals surface area contributed by atoms with Crippen molar-refractivity contribution in [2.75, 3.05) is 0 Å². The van der Waals surface area contributed by atoms with E-state index in [0.29, 0.717) is 0 Å². The molecule has 0 fully saturated rings. The summed E-state index contributed by atoms with van der Waals surface area (Å²) >= 11 is 0. The van der Waals surface area contributed by atoms with Crippen LogP contribution in [0.3, 0.4) is 0 Å². The van der Waals surface area contributed by atoms with Crippen LogP contribution >= 0.6 is 0 Å². The van der Waals surface area contributed by atoms with Gasteiger partial charge in [-0.2, -0.15) is 0 Å². The van der Waals surface area contributed by atoms with Crippen LogP contribution in [0.2, 0.25) is 0 Å². The summed E-state index contributed by atoms with van der Waals surface area (Å²) in [6.45, 7) is 0. The van der Waals surface area contributed by atoms with Crippen molar-refractivity contribution in [2.45, 2.75) is 0 Å². The highest BCUT2D eigenvalue weighted by molar-refractivity contribution is 6.09. The smallest absolute Gasteiger partial charge is 0.123 e. The third kappa shape index (κ3) is 3.07. The fraction of sp³-hybridized carbons (Fsp3) is 0. The van der Waals surface area contributed by atoms with E-state index in [2.05, 4.69) is 155 Å². The van der Waals surface area contributed by atoms with Gasteiger partial charge in [0, 0.05) is 21.5 Å². The highest BCUT2D eigenvalue weighted by Gasteiger charge is 2.19. The Hall–Kier alpha value is -5.08. The van der Waals surface area contributed by atoms with Crippen LogP contribution in [-0.2, 0) is 0 Å². The Morgan fingerprint density at radius 1 is 0.342 bits per heavy atom. The average Bonchev–Trinajstić information content (AvgIpc) is 3.52. The molecule has 0 N–H and O–H groups in total. The van der Waals surface area contributed by atoms with Crippen LogP contribution in [0.15, 0.2) is 146 Å². The summed E-state index contributed by atoms with van der Waals surface area (Å²) in [7, 11) is 0. The van der Waals surface area contributed by atoms with E-state index in [1.807, 2.05) is 0 Å². The first-order valence-corrected chi connectivity index (χ1v) is 13.0. The van der Waals surface area contributed by atoms with E-state index in [1.54, 1.807) is 0 Å². The van der Waals surface area contributed by atoms with Gasteiger partial charge in [-0.05, 0) is 52.9 Å². The second kappa shape index (κ2) is 8.22. The lowest BCUT2D eigenvalue weighted by Gasteiger charge is -2.18. The maximum Gasteiger partial charge on any atom is 0.123 e. The van der Waals surface area contributed by atoms with E-state index in [-0.39, 0.29) is 0 Å². The second-order valence-electron chi connectivity index (χ2n) is 9.85. The van der Waals surface area contributed by atoms with Crippen molar-refractivity contribution in [3.8, 4) is 22.6 Å². The zero-order valence-corrected chi connectivity index (χ0v) is 20.8. The maximum atomic E-state index is 2.45. The van der Waals surface area contributed by atoms with E-state index < -0.39 is 0 Å². The fourth-order valence-electron chi connectivity index (χ4n) is 6.00. The monoisotopic (exact) mass is 485 g/mol. The number of benzene rings is 6. The first-order valence-electron chi connectivity index (χ1n) is 13.0. The van der Waals surface area contributed by atoms with Gasteiger partial charge in [0.1, 0.15) is 5.82 Å². The van der Waals surface area contributed by atoms with E-state index in [0.717, 1.165) is 5.82 Å². The molecule has 0 spiro atoms. The molecule has 0 saturated carbocycles. The van der Waals surface area contributed by atoms with Gasteiger partial charge < -0.3 is 0 Å². The topological polar surface area (TPSA) is 9.86 Å². The SMILES string of the molecule is c1ccc(-c2cc(-n3c4ccccc4c[13c]3-n3c4ccccc4c4ccccc43)c3ccccc3c2)cc1. The molecule has 8 aromatic rings. The molecule has 0 unspecified atom stereocenters. The van der Waals surface area contributed by atoms with Gasteiger partial charge in [0.2, 0.25) is 0 Å². The summed E-state index contributed by atoms with van der Waals surface area (Å²) in [5.74, 6) is 1.14. The predicted octanol–water partition coefficient (Wildman–Crippen LogP) is 9.55. The number of hydrogen-bond donors (Lipinski definition) is 0. The lowest BCUT2D eigenvalue weighted by molar-refractivity contribution is 1.01. The predicted molar refractivity (Wildman–Crippen MR) is 161 cm³/mol. The summed E-state index contributed by atoms with van der Waals surface area (Å²) in [6, 6.07) is 52.5. The van der Waals surface area contributed by atoms with E-state index in [9.17, 15) is 0 Å². The van der Waals surface area contributed by atoms with Crippen molar-refractivity contribution >= 4 is 43.5 Å². The molecule has 0 radical (unpaired) electrons. The zero-order valence-electron chi connectivity index (χ0n) is 20.8. The standard InChI is InChI=1S/C36H24N2/c1-2-12-25(13-3-1)28-22-26-14-4-6-16-29(26)35(23-28)37-32-19-9-5-15-27(32)24-36(37)38-33-20-10-7-17-30(33)31-18-8-11-21-34(31)38/h1-24H/i36+1. The molecule has 6 aromatic carbocycles. The van der Waals surface area contributed by atoms with Gasteiger partial charge in [0.25, 0.3) is 0 Å². The van der Waals surface area contributed by atoms with Crippen LogP contribution < -0.4 is 0 Å². The highest BCUT2D eigenvalue weighted by atomic mass is 15.3. The zero-order chi connectivity index (χ0) is 25.1. The minimum atomic E-state index is 1.14. The van der Waals surface area contributed by atoms with Crippen LogP contribution in [0, 0.1) is 0 Å². The third-order valence-electron chi connectivity index (χ3n) is 7.69. The molecule has 0 amide bonds. The van der Waals surface area contributed by atoms with Crippen molar-refractivity contribution in [3.05, 3.63) is 146 Å². The summed E-state index contributed by atoms with van der Waals surface area (Å²) in [5, 5.41) is 6.22. The maximum absolute atomic E-state index is 2.45. The third-order valence-corrected chi connectivity index (χ3v) is 7.69. The Morgan fingerprint density at radius 2 is 0.895 bits per heavy atom. The van der Waals surface area contributed by atoms with Gasteiger partial charge in [-0.25, -0.2) is 0 Å². The number of para-hydroxylation sites is 3. The van der Waals surface area contributed by atoms with Crippen molar-refractivity contribution in [1.29, 1.82) is 0 Å². The molecular formula is C36H24N2.